The molecule has 0 fully saturated rings. The lowest BCUT2D eigenvalue weighted by molar-refractivity contribution is -0.142. The summed E-state index contributed by atoms with van der Waals surface area (Å²) in [7, 11) is 0. The van der Waals surface area contributed by atoms with Crippen LogP contribution in [0.5, 0.6) is 5.75 Å². The molecule has 156 valence electrons. The van der Waals surface area contributed by atoms with Crippen LogP contribution in [0.1, 0.15) is 24.8 Å². The van der Waals surface area contributed by atoms with Gasteiger partial charge in [-0.05, 0) is 43.5 Å². The minimum absolute atomic E-state index is 0.0435. The Kier molecular flexibility index (Phi) is 9.93. The van der Waals surface area contributed by atoms with Crippen LogP contribution in [-0.4, -0.2) is 64.4 Å². The molecule has 9 N–H and O–H groups in total. The normalized spacial score (nSPS) is 14.0. The number of aromatic hydroxyl groups is 1. The van der Waals surface area contributed by atoms with Gasteiger partial charge in [0.1, 0.15) is 23.9 Å². The van der Waals surface area contributed by atoms with Crippen LogP contribution in [0.4, 0.5) is 0 Å². The number of carbonyl (C=O) groups excluding carboxylic acids is 2. The van der Waals surface area contributed by atoms with Crippen LogP contribution in [0.3, 0.4) is 0 Å². The van der Waals surface area contributed by atoms with Crippen molar-refractivity contribution in [1.82, 2.24) is 10.6 Å². The van der Waals surface area contributed by atoms with Crippen molar-refractivity contribution in [1.29, 1.82) is 0 Å². The number of nitrogens with two attached hydrogens (primary N) is 2. The standard InChI is InChI=1S/C18H28N4O6/c19-8-2-1-3-14(18(27)28)21-17(26)15(22-16(25)13(20)10-23)9-11-4-6-12(24)7-5-11/h4-7,13-15,23-24H,1-3,8-10,19-20H2,(H,21,26)(H,22,25)(H,27,28)/t13-,14-,15-/m0/s1. The highest BCUT2D eigenvalue weighted by Gasteiger charge is 2.27. The number of nitrogens with one attached hydrogen (secondary N) is 2. The Morgan fingerprint density at radius 2 is 1.61 bits per heavy atom. The summed E-state index contributed by atoms with van der Waals surface area (Å²) < 4.78 is 0. The summed E-state index contributed by atoms with van der Waals surface area (Å²) in [6, 6.07) is 2.57. The molecule has 0 saturated heterocycles. The lowest BCUT2D eigenvalue weighted by Gasteiger charge is -2.22. The number of phenols is 1. The number of carbonyl (C=O) groups is 3. The highest BCUT2D eigenvalue weighted by molar-refractivity contribution is 5.92. The molecule has 28 heavy (non-hydrogen) atoms. The van der Waals surface area contributed by atoms with E-state index in [0.717, 1.165) is 0 Å². The monoisotopic (exact) mass is 396 g/mol. The Morgan fingerprint density at radius 1 is 1.00 bits per heavy atom. The number of hydrogen-bond acceptors (Lipinski definition) is 7. The van der Waals surface area contributed by atoms with Crippen molar-refractivity contribution in [2.24, 2.45) is 11.5 Å². The number of aliphatic hydroxyl groups excluding tert-OH is 1. The first-order chi connectivity index (χ1) is 13.3. The Bertz CT molecular complexity index is 652. The molecular formula is C18H28N4O6. The van der Waals surface area contributed by atoms with E-state index in [9.17, 15) is 24.6 Å². The second-order valence-electron chi connectivity index (χ2n) is 6.40. The number of aliphatic carboxylic acids is 1. The molecule has 1 rings (SSSR count). The first-order valence-corrected chi connectivity index (χ1v) is 8.96. The summed E-state index contributed by atoms with van der Waals surface area (Å²) in [4.78, 5) is 36.1. The third-order valence-corrected chi connectivity index (χ3v) is 4.10. The first-order valence-electron chi connectivity index (χ1n) is 8.96. The first kappa shape index (κ1) is 23.3. The Balaban J connectivity index is 2.90. The van der Waals surface area contributed by atoms with Gasteiger partial charge in [0.25, 0.3) is 0 Å². The average molecular weight is 396 g/mol. The summed E-state index contributed by atoms with van der Waals surface area (Å²) in [6.07, 6.45) is 1.40. The molecule has 0 aromatic heterocycles. The van der Waals surface area contributed by atoms with Crippen LogP contribution in [0, 0.1) is 0 Å². The van der Waals surface area contributed by atoms with Gasteiger partial charge in [-0.25, -0.2) is 4.79 Å². The largest absolute Gasteiger partial charge is 0.508 e. The van der Waals surface area contributed by atoms with E-state index < -0.39 is 42.5 Å². The minimum Gasteiger partial charge on any atom is -0.508 e. The second kappa shape index (κ2) is 11.9. The number of phenolic OH excluding ortho intramolecular Hbond substituents is 1. The number of unbranched alkanes of at least 4 members (excludes halogenated alkanes) is 1. The molecule has 0 bridgehead atoms. The van der Waals surface area contributed by atoms with Gasteiger partial charge in [-0.1, -0.05) is 12.1 Å². The summed E-state index contributed by atoms with van der Waals surface area (Å²) in [5.74, 6) is -2.57. The molecule has 1 aromatic carbocycles. The van der Waals surface area contributed by atoms with Crippen LogP contribution in [-0.2, 0) is 20.8 Å². The maximum atomic E-state index is 12.6. The lowest BCUT2D eigenvalue weighted by Crippen LogP contribution is -2.55. The topological polar surface area (TPSA) is 188 Å². The number of benzene rings is 1. The van der Waals surface area contributed by atoms with Crippen molar-refractivity contribution in [3.05, 3.63) is 29.8 Å². The number of carboxylic acids is 1. The number of hydrogen-bond donors (Lipinski definition) is 7. The summed E-state index contributed by atoms with van der Waals surface area (Å²) in [6.45, 7) is -0.185. The summed E-state index contributed by atoms with van der Waals surface area (Å²) in [5.41, 5.74) is 11.5. The molecule has 10 nitrogen and oxygen atoms in total. The van der Waals surface area contributed by atoms with Crippen LogP contribution in [0.15, 0.2) is 24.3 Å². The molecule has 1 aromatic rings. The van der Waals surface area contributed by atoms with E-state index >= 15 is 0 Å². The van der Waals surface area contributed by atoms with Crippen molar-refractivity contribution in [3.63, 3.8) is 0 Å². The van der Waals surface area contributed by atoms with E-state index in [1.807, 2.05) is 0 Å². The summed E-state index contributed by atoms with van der Waals surface area (Å²) >= 11 is 0. The van der Waals surface area contributed by atoms with Gasteiger partial charge in [0.05, 0.1) is 6.61 Å². The van der Waals surface area contributed by atoms with Crippen LogP contribution >= 0.6 is 0 Å². The van der Waals surface area contributed by atoms with Crippen LogP contribution in [0.25, 0.3) is 0 Å². The molecule has 0 radical (unpaired) electrons. The van der Waals surface area contributed by atoms with Gasteiger partial charge in [-0.2, -0.15) is 0 Å². The van der Waals surface area contributed by atoms with Gasteiger partial charge in [0.15, 0.2) is 0 Å². The van der Waals surface area contributed by atoms with E-state index in [4.69, 9.17) is 16.6 Å². The highest BCUT2D eigenvalue weighted by atomic mass is 16.4. The average Bonchev–Trinajstić information content (AvgIpc) is 2.67. The molecule has 10 heteroatoms. The van der Waals surface area contributed by atoms with E-state index in [-0.39, 0.29) is 18.6 Å². The minimum atomic E-state index is -1.21. The zero-order valence-electron chi connectivity index (χ0n) is 15.5. The number of aliphatic hydroxyl groups is 1. The maximum Gasteiger partial charge on any atom is 0.326 e. The number of carboxylic acid groups (broad SMARTS) is 1. The predicted molar refractivity (Wildman–Crippen MR) is 101 cm³/mol. The van der Waals surface area contributed by atoms with Crippen molar-refractivity contribution in [2.45, 2.75) is 43.8 Å². The van der Waals surface area contributed by atoms with Gasteiger partial charge in [-0.15, -0.1) is 0 Å². The highest BCUT2D eigenvalue weighted by Crippen LogP contribution is 2.12. The molecule has 3 atom stereocenters. The van der Waals surface area contributed by atoms with Crippen molar-refractivity contribution >= 4 is 17.8 Å². The van der Waals surface area contributed by atoms with Crippen LogP contribution in [0.2, 0.25) is 0 Å². The Labute approximate surface area is 162 Å². The van der Waals surface area contributed by atoms with Gasteiger partial charge in [-0.3, -0.25) is 9.59 Å². The van der Waals surface area contributed by atoms with Gasteiger partial charge < -0.3 is 37.4 Å². The Hall–Kier alpha value is -2.69. The quantitative estimate of drug-likeness (QED) is 0.206. The smallest absolute Gasteiger partial charge is 0.326 e. The van der Waals surface area contributed by atoms with Gasteiger partial charge in [0, 0.05) is 6.42 Å². The molecule has 2 amide bonds. The third-order valence-electron chi connectivity index (χ3n) is 4.10. The van der Waals surface area contributed by atoms with Gasteiger partial charge >= 0.3 is 5.97 Å². The predicted octanol–water partition coefficient (Wildman–Crippen LogP) is -1.56. The second-order valence-corrected chi connectivity index (χ2v) is 6.40. The van der Waals surface area contributed by atoms with Crippen molar-refractivity contribution in [2.75, 3.05) is 13.2 Å². The van der Waals surface area contributed by atoms with E-state index in [1.165, 1.54) is 12.1 Å². The Morgan fingerprint density at radius 3 is 2.14 bits per heavy atom. The van der Waals surface area contributed by atoms with Crippen molar-refractivity contribution in [3.8, 4) is 5.75 Å². The molecule has 0 aliphatic heterocycles. The zero-order valence-corrected chi connectivity index (χ0v) is 15.5. The lowest BCUT2D eigenvalue weighted by atomic mass is 10.0. The molecule has 0 unspecified atom stereocenters. The fraction of sp³-hybridized carbons (Fsp3) is 0.500. The third kappa shape index (κ3) is 7.91. The van der Waals surface area contributed by atoms with E-state index in [0.29, 0.717) is 24.9 Å². The fourth-order valence-corrected chi connectivity index (χ4v) is 2.46. The SMILES string of the molecule is NCCCC[C@H](NC(=O)[C@H](Cc1ccc(O)cc1)NC(=O)[C@@H](N)CO)C(=O)O. The molecule has 0 spiro atoms. The number of amides is 2. The number of rotatable bonds is 12. The molecule has 0 aliphatic carbocycles. The molecule has 0 aliphatic rings. The fourth-order valence-electron chi connectivity index (χ4n) is 2.46. The molecule has 0 heterocycles. The maximum absolute atomic E-state index is 12.6. The summed E-state index contributed by atoms with van der Waals surface area (Å²) in [5, 5.41) is 32.5. The molecule has 0 saturated carbocycles. The van der Waals surface area contributed by atoms with Crippen LogP contribution < -0.4 is 22.1 Å². The van der Waals surface area contributed by atoms with E-state index in [1.54, 1.807) is 12.1 Å². The zero-order chi connectivity index (χ0) is 21.1. The van der Waals surface area contributed by atoms with E-state index in [2.05, 4.69) is 10.6 Å². The van der Waals surface area contributed by atoms with Gasteiger partial charge in [0.2, 0.25) is 11.8 Å². The molecular weight excluding hydrogens is 368 g/mol. The van der Waals surface area contributed by atoms with Crippen molar-refractivity contribution < 1.29 is 29.7 Å².